The topological polar surface area (TPSA) is 105 Å². The van der Waals surface area contributed by atoms with E-state index in [2.05, 4.69) is 10.3 Å². The molecule has 2 atom stereocenters. The molecule has 152 valence electrons. The number of para-hydroxylation sites is 1. The van der Waals surface area contributed by atoms with Gasteiger partial charge >= 0.3 is 0 Å². The molecule has 0 aliphatic carbocycles. The number of aromatic nitrogens is 3. The number of pyridine rings is 1. The SMILES string of the molecule is COCCn1nc(C2CN(C#N)C(=O)[C@]23CNc2cccnc2O3)c2ccccc21. The number of anilines is 1. The molecular formula is C21H20N6O3. The second kappa shape index (κ2) is 7.00. The molecule has 30 heavy (non-hydrogen) atoms. The molecule has 9 heteroatoms. The summed E-state index contributed by atoms with van der Waals surface area (Å²) in [6, 6.07) is 11.5. The second-order valence-corrected chi connectivity index (χ2v) is 7.39. The zero-order valence-electron chi connectivity index (χ0n) is 16.4. The van der Waals surface area contributed by atoms with Crippen molar-refractivity contribution < 1.29 is 14.3 Å². The smallest absolute Gasteiger partial charge is 0.282 e. The highest BCUT2D eigenvalue weighted by Gasteiger charge is 2.60. The quantitative estimate of drug-likeness (QED) is 0.660. The van der Waals surface area contributed by atoms with Crippen LogP contribution in [0.25, 0.3) is 10.9 Å². The molecule has 4 heterocycles. The summed E-state index contributed by atoms with van der Waals surface area (Å²) in [5, 5.41) is 18.6. The minimum atomic E-state index is -1.29. The predicted octanol–water partition coefficient (Wildman–Crippen LogP) is 1.73. The molecule has 3 aromatic rings. The van der Waals surface area contributed by atoms with Gasteiger partial charge in [-0.05, 0) is 18.2 Å². The third kappa shape index (κ3) is 2.61. The lowest BCUT2D eigenvalue weighted by Gasteiger charge is -2.36. The number of benzene rings is 1. The Balaban J connectivity index is 1.65. The number of carbonyl (C=O) groups excluding carboxylic acids is 1. The van der Waals surface area contributed by atoms with Crippen LogP contribution in [0.2, 0.25) is 0 Å². The molecule has 2 aliphatic rings. The minimum Gasteiger partial charge on any atom is -0.457 e. The first-order valence-electron chi connectivity index (χ1n) is 9.72. The van der Waals surface area contributed by atoms with Crippen molar-refractivity contribution in [2.75, 3.05) is 32.1 Å². The van der Waals surface area contributed by atoms with E-state index in [4.69, 9.17) is 14.6 Å². The molecule has 1 spiro atoms. The molecule has 2 aromatic heterocycles. The Kier molecular flexibility index (Phi) is 4.29. The number of hydrogen-bond donors (Lipinski definition) is 1. The van der Waals surface area contributed by atoms with Gasteiger partial charge in [0, 0.05) is 25.2 Å². The Morgan fingerprint density at radius 3 is 3.07 bits per heavy atom. The van der Waals surface area contributed by atoms with Gasteiger partial charge in [0.2, 0.25) is 11.5 Å². The summed E-state index contributed by atoms with van der Waals surface area (Å²) >= 11 is 0. The number of nitrogens with zero attached hydrogens (tertiary/aromatic N) is 5. The van der Waals surface area contributed by atoms with E-state index < -0.39 is 11.5 Å². The van der Waals surface area contributed by atoms with Crippen molar-refractivity contribution in [2.24, 2.45) is 0 Å². The number of hydrogen-bond acceptors (Lipinski definition) is 7. The molecule has 2 aliphatic heterocycles. The molecule has 1 amide bonds. The van der Waals surface area contributed by atoms with Crippen LogP contribution in [0.15, 0.2) is 42.6 Å². The van der Waals surface area contributed by atoms with E-state index in [-0.39, 0.29) is 19.0 Å². The average Bonchev–Trinajstić information content (AvgIpc) is 3.28. The maximum Gasteiger partial charge on any atom is 0.282 e. The lowest BCUT2D eigenvalue weighted by molar-refractivity contribution is -0.138. The summed E-state index contributed by atoms with van der Waals surface area (Å²) in [6.07, 6.45) is 3.62. The molecule has 5 rings (SSSR count). The fourth-order valence-corrected chi connectivity index (χ4v) is 4.30. The van der Waals surface area contributed by atoms with Gasteiger partial charge in [0.05, 0.1) is 42.5 Å². The molecule has 9 nitrogen and oxygen atoms in total. The summed E-state index contributed by atoms with van der Waals surface area (Å²) in [7, 11) is 1.65. The van der Waals surface area contributed by atoms with E-state index in [0.29, 0.717) is 19.0 Å². The van der Waals surface area contributed by atoms with Gasteiger partial charge in [-0.15, -0.1) is 0 Å². The maximum absolute atomic E-state index is 13.3. The highest BCUT2D eigenvalue weighted by Crippen LogP contribution is 2.45. The number of nitriles is 1. The van der Waals surface area contributed by atoms with Crippen LogP contribution in [0.5, 0.6) is 5.88 Å². The Hall–Kier alpha value is -3.64. The van der Waals surface area contributed by atoms with Crippen LogP contribution in [0.3, 0.4) is 0 Å². The number of likely N-dealkylation sites (tertiary alicyclic amines) is 1. The van der Waals surface area contributed by atoms with E-state index >= 15 is 0 Å². The van der Waals surface area contributed by atoms with Crippen LogP contribution in [0, 0.1) is 11.5 Å². The van der Waals surface area contributed by atoms with E-state index in [0.717, 1.165) is 27.2 Å². The Bertz CT molecular complexity index is 1170. The van der Waals surface area contributed by atoms with Crippen molar-refractivity contribution in [1.29, 1.82) is 5.26 Å². The molecule has 1 unspecified atom stereocenters. The first-order chi connectivity index (χ1) is 14.7. The third-order valence-electron chi connectivity index (χ3n) is 5.77. The molecule has 1 N–H and O–H groups in total. The standard InChI is InChI=1S/C21H20N6O3/c1-29-10-9-27-17-7-3-2-5-14(17)18(25-27)15-11-26(13-22)20(28)21(15)12-24-16-6-4-8-23-19(16)30-21/h2-8,15,24H,9-12H2,1H3/t15?,21-/m0/s1. The van der Waals surface area contributed by atoms with Gasteiger partial charge in [-0.25, -0.2) is 9.88 Å². The summed E-state index contributed by atoms with van der Waals surface area (Å²) in [5.74, 6) is -0.472. The molecule has 0 radical (unpaired) electrons. The van der Waals surface area contributed by atoms with Crippen LogP contribution in [0.4, 0.5) is 5.69 Å². The number of rotatable bonds is 4. The van der Waals surface area contributed by atoms with Crippen molar-refractivity contribution in [2.45, 2.75) is 18.1 Å². The van der Waals surface area contributed by atoms with Crippen molar-refractivity contribution in [3.8, 4) is 12.1 Å². The Labute approximate surface area is 172 Å². The minimum absolute atomic E-state index is 0.199. The number of amides is 1. The number of nitrogens with one attached hydrogen (secondary N) is 1. The van der Waals surface area contributed by atoms with Gasteiger partial charge in [-0.2, -0.15) is 10.4 Å². The van der Waals surface area contributed by atoms with Crippen LogP contribution in [-0.2, 0) is 16.1 Å². The fourth-order valence-electron chi connectivity index (χ4n) is 4.30. The van der Waals surface area contributed by atoms with Crippen LogP contribution in [0.1, 0.15) is 11.6 Å². The van der Waals surface area contributed by atoms with E-state index in [1.807, 2.05) is 41.2 Å². The zero-order valence-corrected chi connectivity index (χ0v) is 16.4. The van der Waals surface area contributed by atoms with Crippen LogP contribution >= 0.6 is 0 Å². The molecular weight excluding hydrogens is 384 g/mol. The highest BCUT2D eigenvalue weighted by atomic mass is 16.5. The van der Waals surface area contributed by atoms with Gasteiger partial charge in [-0.1, -0.05) is 18.2 Å². The van der Waals surface area contributed by atoms with Crippen LogP contribution in [-0.4, -0.2) is 58.0 Å². The third-order valence-corrected chi connectivity index (χ3v) is 5.77. The van der Waals surface area contributed by atoms with Crippen LogP contribution < -0.4 is 10.1 Å². The molecule has 1 saturated heterocycles. The summed E-state index contributed by atoms with van der Waals surface area (Å²) in [4.78, 5) is 18.7. The normalized spacial score (nSPS) is 22.6. The van der Waals surface area contributed by atoms with Gasteiger partial charge < -0.3 is 14.8 Å². The Morgan fingerprint density at radius 1 is 1.37 bits per heavy atom. The lowest BCUT2D eigenvalue weighted by atomic mass is 9.85. The number of fused-ring (bicyclic) bond motifs is 2. The largest absolute Gasteiger partial charge is 0.457 e. The van der Waals surface area contributed by atoms with Gasteiger partial charge in [0.15, 0.2) is 6.19 Å². The summed E-state index contributed by atoms with van der Waals surface area (Å²) in [6.45, 7) is 1.52. The summed E-state index contributed by atoms with van der Waals surface area (Å²) in [5.41, 5.74) is 1.11. The summed E-state index contributed by atoms with van der Waals surface area (Å²) < 4.78 is 13.3. The van der Waals surface area contributed by atoms with Gasteiger partial charge in [0.1, 0.15) is 0 Å². The molecule has 1 fully saturated rings. The van der Waals surface area contributed by atoms with Gasteiger partial charge in [-0.3, -0.25) is 9.48 Å². The zero-order chi connectivity index (χ0) is 20.7. The predicted molar refractivity (Wildman–Crippen MR) is 108 cm³/mol. The number of methoxy groups -OCH3 is 1. The maximum atomic E-state index is 13.3. The number of carbonyl (C=O) groups is 1. The monoisotopic (exact) mass is 404 g/mol. The van der Waals surface area contributed by atoms with Crippen molar-refractivity contribution in [3.63, 3.8) is 0 Å². The lowest BCUT2D eigenvalue weighted by Crippen LogP contribution is -2.55. The highest BCUT2D eigenvalue weighted by molar-refractivity contribution is 5.94. The fraction of sp³-hybridized carbons (Fsp3) is 0.333. The average molecular weight is 404 g/mol. The van der Waals surface area contributed by atoms with Crippen molar-refractivity contribution >= 4 is 22.5 Å². The van der Waals surface area contributed by atoms with Crippen molar-refractivity contribution in [1.82, 2.24) is 19.7 Å². The van der Waals surface area contributed by atoms with Gasteiger partial charge in [0.25, 0.3) is 5.91 Å². The van der Waals surface area contributed by atoms with Crippen molar-refractivity contribution in [3.05, 3.63) is 48.3 Å². The van der Waals surface area contributed by atoms with E-state index in [1.54, 1.807) is 19.4 Å². The Morgan fingerprint density at radius 2 is 2.23 bits per heavy atom. The first kappa shape index (κ1) is 18.4. The molecule has 0 bridgehead atoms. The molecule has 1 aromatic carbocycles. The van der Waals surface area contributed by atoms with E-state index in [9.17, 15) is 10.1 Å². The number of ether oxygens (including phenoxy) is 2. The molecule has 0 saturated carbocycles. The van der Waals surface area contributed by atoms with E-state index in [1.165, 1.54) is 0 Å². The second-order valence-electron chi connectivity index (χ2n) is 7.39. The first-order valence-corrected chi connectivity index (χ1v) is 9.72.